The summed E-state index contributed by atoms with van der Waals surface area (Å²) in [6.07, 6.45) is -0.918. The summed E-state index contributed by atoms with van der Waals surface area (Å²) in [7, 11) is 0. The third-order valence-corrected chi connectivity index (χ3v) is 4.87. The molecule has 7 heteroatoms. The Morgan fingerprint density at radius 3 is 2.08 bits per heavy atom. The lowest BCUT2D eigenvalue weighted by atomic mass is 10.1. The molecule has 2 heterocycles. The second-order valence-electron chi connectivity index (χ2n) is 6.90. The topological polar surface area (TPSA) is 49.9 Å². The zero-order valence-corrected chi connectivity index (χ0v) is 14.4. The lowest BCUT2D eigenvalue weighted by Crippen LogP contribution is -2.30. The van der Waals surface area contributed by atoms with E-state index >= 15 is 0 Å². The molecular formula is C19H22F3NO3. The number of epoxide rings is 1. The van der Waals surface area contributed by atoms with E-state index in [2.05, 4.69) is 0 Å². The Morgan fingerprint density at radius 2 is 1.46 bits per heavy atom. The highest BCUT2D eigenvalue weighted by molar-refractivity contribution is 6.21. The molecule has 0 radical (unpaired) electrons. The molecule has 1 fully saturated rings. The van der Waals surface area contributed by atoms with Gasteiger partial charge in [-0.2, -0.15) is 13.2 Å². The van der Waals surface area contributed by atoms with Crippen LogP contribution in [-0.2, 0) is 4.74 Å². The summed E-state index contributed by atoms with van der Waals surface area (Å²) in [6.45, 7) is 0.408. The molecule has 0 bridgehead atoms. The Bertz CT molecular complexity index is 639. The third kappa shape index (κ3) is 4.63. The minimum atomic E-state index is -4.15. The van der Waals surface area contributed by atoms with Crippen molar-refractivity contribution in [1.82, 2.24) is 4.90 Å². The second kappa shape index (κ2) is 7.78. The summed E-state index contributed by atoms with van der Waals surface area (Å²) < 4.78 is 41.6. The second-order valence-corrected chi connectivity index (χ2v) is 6.90. The van der Waals surface area contributed by atoms with E-state index in [9.17, 15) is 22.8 Å². The number of unbranched alkanes of at least 4 members (excludes halogenated alkanes) is 4. The summed E-state index contributed by atoms with van der Waals surface area (Å²) >= 11 is 0. The summed E-state index contributed by atoms with van der Waals surface area (Å²) in [6, 6.07) is 6.83. The molecule has 1 saturated heterocycles. The predicted molar refractivity (Wildman–Crippen MR) is 88.8 cm³/mol. The van der Waals surface area contributed by atoms with Crippen LogP contribution in [0.5, 0.6) is 0 Å². The van der Waals surface area contributed by atoms with E-state index in [1.807, 2.05) is 0 Å². The number of rotatable bonds is 9. The minimum absolute atomic E-state index is 0.229. The van der Waals surface area contributed by atoms with Gasteiger partial charge in [0.1, 0.15) is 0 Å². The van der Waals surface area contributed by atoms with Crippen LogP contribution in [0, 0.1) is 0 Å². The van der Waals surface area contributed by atoms with Crippen molar-refractivity contribution in [3.8, 4) is 0 Å². The van der Waals surface area contributed by atoms with Crippen LogP contribution in [0.2, 0.25) is 0 Å². The smallest absolute Gasteiger partial charge is 0.369 e. The summed E-state index contributed by atoms with van der Waals surface area (Å²) in [5.41, 5.74) is 0.936. The number of hydrogen-bond donors (Lipinski definition) is 0. The predicted octanol–water partition coefficient (Wildman–Crippen LogP) is 4.34. The number of ether oxygens (including phenoxy) is 1. The molecule has 0 aromatic heterocycles. The molecule has 142 valence electrons. The standard InChI is InChI=1S/C19H22F3NO3/c20-19(21,22)12-16-15(26-16)10-4-2-1-3-7-11-23-17(24)13-8-5-6-9-14(13)18(23)25/h5-6,8-9,15-16H,1-4,7,10-12H2. The van der Waals surface area contributed by atoms with Crippen molar-refractivity contribution in [2.75, 3.05) is 6.54 Å². The molecule has 0 N–H and O–H groups in total. The number of benzene rings is 1. The average molecular weight is 369 g/mol. The van der Waals surface area contributed by atoms with E-state index in [1.165, 1.54) is 4.90 Å². The normalized spacial score (nSPS) is 22.0. The van der Waals surface area contributed by atoms with Crippen LogP contribution in [0.25, 0.3) is 0 Å². The first-order chi connectivity index (χ1) is 12.4. The average Bonchev–Trinajstić information content (AvgIpc) is 3.26. The van der Waals surface area contributed by atoms with E-state index in [0.29, 0.717) is 24.1 Å². The SMILES string of the molecule is O=C1c2ccccc2C(=O)N1CCCCCCCC1OC1CC(F)(F)F. The Labute approximate surface area is 150 Å². The van der Waals surface area contributed by atoms with Gasteiger partial charge in [-0.15, -0.1) is 0 Å². The summed E-state index contributed by atoms with van der Waals surface area (Å²) in [5, 5.41) is 0. The van der Waals surface area contributed by atoms with Crippen molar-refractivity contribution in [3.05, 3.63) is 35.4 Å². The van der Waals surface area contributed by atoms with E-state index < -0.39 is 18.7 Å². The maximum absolute atomic E-state index is 12.2. The summed E-state index contributed by atoms with van der Waals surface area (Å²) in [5.74, 6) is -0.459. The van der Waals surface area contributed by atoms with Gasteiger partial charge in [0.25, 0.3) is 11.8 Å². The number of nitrogens with zero attached hydrogens (tertiary/aromatic N) is 1. The number of halogens is 3. The number of hydrogen-bond acceptors (Lipinski definition) is 3. The Hall–Kier alpha value is -1.89. The van der Waals surface area contributed by atoms with Gasteiger partial charge in [0, 0.05) is 6.54 Å². The van der Waals surface area contributed by atoms with E-state index in [4.69, 9.17) is 4.74 Å². The van der Waals surface area contributed by atoms with E-state index in [1.54, 1.807) is 24.3 Å². The molecule has 2 aliphatic rings. The number of carbonyl (C=O) groups excluding carboxylic acids is 2. The van der Waals surface area contributed by atoms with Crippen molar-refractivity contribution in [2.45, 2.75) is 63.3 Å². The van der Waals surface area contributed by atoms with E-state index in [-0.39, 0.29) is 17.9 Å². The number of carbonyl (C=O) groups is 2. The van der Waals surface area contributed by atoms with Gasteiger partial charge >= 0.3 is 6.18 Å². The molecule has 2 amide bonds. The first kappa shape index (κ1) is 18.9. The van der Waals surface area contributed by atoms with Crippen LogP contribution in [0.1, 0.15) is 65.7 Å². The van der Waals surface area contributed by atoms with Crippen molar-refractivity contribution in [2.24, 2.45) is 0 Å². The first-order valence-electron chi connectivity index (χ1n) is 9.04. The van der Waals surface area contributed by atoms with Gasteiger partial charge in [-0.25, -0.2) is 0 Å². The molecule has 0 spiro atoms. The fourth-order valence-electron chi connectivity index (χ4n) is 3.43. The van der Waals surface area contributed by atoms with Gasteiger partial charge < -0.3 is 4.74 Å². The van der Waals surface area contributed by atoms with Gasteiger partial charge in [-0.1, -0.05) is 37.8 Å². The van der Waals surface area contributed by atoms with Crippen molar-refractivity contribution >= 4 is 11.8 Å². The highest BCUT2D eigenvalue weighted by Gasteiger charge is 2.46. The molecule has 1 aromatic carbocycles. The zero-order chi connectivity index (χ0) is 18.7. The Kier molecular flexibility index (Phi) is 5.65. The quantitative estimate of drug-likeness (QED) is 0.370. The highest BCUT2D eigenvalue weighted by atomic mass is 19.4. The Balaban J connectivity index is 1.26. The van der Waals surface area contributed by atoms with Gasteiger partial charge in [-0.05, 0) is 25.0 Å². The Morgan fingerprint density at radius 1 is 0.885 bits per heavy atom. The molecule has 3 rings (SSSR count). The minimum Gasteiger partial charge on any atom is -0.369 e. The van der Waals surface area contributed by atoms with Crippen LogP contribution < -0.4 is 0 Å². The number of imide groups is 1. The molecule has 0 aliphatic carbocycles. The molecule has 2 unspecified atom stereocenters. The maximum atomic E-state index is 12.2. The molecule has 26 heavy (non-hydrogen) atoms. The van der Waals surface area contributed by atoms with Gasteiger partial charge in [-0.3, -0.25) is 14.5 Å². The summed E-state index contributed by atoms with van der Waals surface area (Å²) in [4.78, 5) is 25.7. The van der Waals surface area contributed by atoms with Crippen molar-refractivity contribution in [3.63, 3.8) is 0 Å². The van der Waals surface area contributed by atoms with Crippen LogP contribution in [-0.4, -0.2) is 41.6 Å². The highest BCUT2D eigenvalue weighted by Crippen LogP contribution is 2.36. The van der Waals surface area contributed by atoms with Gasteiger partial charge in [0.2, 0.25) is 0 Å². The van der Waals surface area contributed by atoms with Crippen molar-refractivity contribution < 1.29 is 27.5 Å². The van der Waals surface area contributed by atoms with Crippen LogP contribution in [0.4, 0.5) is 13.2 Å². The van der Waals surface area contributed by atoms with Crippen molar-refractivity contribution in [1.29, 1.82) is 0 Å². The first-order valence-corrected chi connectivity index (χ1v) is 9.04. The lowest BCUT2D eigenvalue weighted by Gasteiger charge is -2.13. The van der Waals surface area contributed by atoms with Crippen LogP contribution in [0.15, 0.2) is 24.3 Å². The molecule has 2 atom stereocenters. The zero-order valence-electron chi connectivity index (χ0n) is 14.4. The molecule has 2 aliphatic heterocycles. The molecule has 4 nitrogen and oxygen atoms in total. The molecule has 1 aromatic rings. The fraction of sp³-hybridized carbons (Fsp3) is 0.579. The largest absolute Gasteiger partial charge is 0.391 e. The fourth-order valence-corrected chi connectivity index (χ4v) is 3.43. The van der Waals surface area contributed by atoms with Gasteiger partial charge in [0.15, 0.2) is 0 Å². The molecular weight excluding hydrogens is 347 g/mol. The number of amides is 2. The maximum Gasteiger partial charge on any atom is 0.391 e. The molecule has 0 saturated carbocycles. The van der Waals surface area contributed by atoms with Gasteiger partial charge in [0.05, 0.1) is 29.8 Å². The van der Waals surface area contributed by atoms with Crippen LogP contribution in [0.3, 0.4) is 0 Å². The number of fused-ring (bicyclic) bond motifs is 1. The number of alkyl halides is 3. The lowest BCUT2D eigenvalue weighted by molar-refractivity contribution is -0.137. The monoisotopic (exact) mass is 369 g/mol. The third-order valence-electron chi connectivity index (χ3n) is 4.87. The van der Waals surface area contributed by atoms with Crippen LogP contribution >= 0.6 is 0 Å². The van der Waals surface area contributed by atoms with E-state index in [0.717, 1.165) is 32.1 Å².